The van der Waals surface area contributed by atoms with Gasteiger partial charge in [-0.15, -0.1) is 0 Å². The van der Waals surface area contributed by atoms with Crippen molar-refractivity contribution in [3.05, 3.63) is 0 Å². The first-order chi connectivity index (χ1) is 8.60. The first kappa shape index (κ1) is 15.4. The van der Waals surface area contributed by atoms with Gasteiger partial charge in [-0.05, 0) is 44.7 Å². The number of likely N-dealkylation sites (tertiary alicyclic amines) is 1. The average Bonchev–Trinajstić information content (AvgIpc) is 2.83. The molecule has 0 radical (unpaired) electrons. The highest BCUT2D eigenvalue weighted by atomic mass is 16.5. The van der Waals surface area contributed by atoms with Crippen LogP contribution in [0.5, 0.6) is 0 Å². The van der Waals surface area contributed by atoms with Crippen LogP contribution in [0.4, 0.5) is 0 Å². The smallest absolute Gasteiger partial charge is 0.322 e. The third-order valence-electron chi connectivity index (χ3n) is 4.59. The normalized spacial score (nSPS) is 20.9. The highest BCUT2D eigenvalue weighted by molar-refractivity contribution is 5.75. The lowest BCUT2D eigenvalue weighted by atomic mass is 9.82. The summed E-state index contributed by atoms with van der Waals surface area (Å²) in [5.41, 5.74) is 0.514. The number of carbonyl (C=O) groups is 1. The van der Waals surface area contributed by atoms with Crippen LogP contribution in [-0.2, 0) is 9.53 Å². The van der Waals surface area contributed by atoms with E-state index in [4.69, 9.17) is 4.74 Å². The molecule has 106 valence electrons. The maximum Gasteiger partial charge on any atom is 0.322 e. The number of carbonyl (C=O) groups excluding carboxylic acids is 1. The van der Waals surface area contributed by atoms with E-state index in [1.807, 2.05) is 7.05 Å². The van der Waals surface area contributed by atoms with E-state index in [9.17, 15) is 4.79 Å². The van der Waals surface area contributed by atoms with Crippen molar-refractivity contribution >= 4 is 5.97 Å². The van der Waals surface area contributed by atoms with Crippen LogP contribution in [0.15, 0.2) is 0 Å². The Bertz CT molecular complexity index is 265. The Morgan fingerprint density at radius 3 is 2.56 bits per heavy atom. The highest BCUT2D eigenvalue weighted by Gasteiger charge is 2.34. The van der Waals surface area contributed by atoms with Gasteiger partial charge in [0.05, 0.1) is 7.11 Å². The fourth-order valence-corrected chi connectivity index (χ4v) is 2.88. The van der Waals surface area contributed by atoms with Crippen molar-refractivity contribution in [3.63, 3.8) is 0 Å². The second-order valence-corrected chi connectivity index (χ2v) is 5.39. The Labute approximate surface area is 111 Å². The zero-order valence-electron chi connectivity index (χ0n) is 12.3. The molecule has 1 aliphatic heterocycles. The molecule has 0 saturated carbocycles. The Morgan fingerprint density at radius 1 is 1.44 bits per heavy atom. The van der Waals surface area contributed by atoms with Gasteiger partial charge in [0, 0.05) is 13.1 Å². The van der Waals surface area contributed by atoms with Crippen molar-refractivity contribution < 1.29 is 9.53 Å². The van der Waals surface area contributed by atoms with Gasteiger partial charge in [-0.3, -0.25) is 4.79 Å². The average molecular weight is 256 g/mol. The predicted octanol–water partition coefficient (Wildman–Crippen LogP) is 1.65. The van der Waals surface area contributed by atoms with Crippen molar-refractivity contribution in [2.45, 2.75) is 45.6 Å². The van der Waals surface area contributed by atoms with Gasteiger partial charge in [0.25, 0.3) is 0 Å². The molecule has 0 spiro atoms. The predicted molar refractivity (Wildman–Crippen MR) is 73.6 cm³/mol. The van der Waals surface area contributed by atoms with Crippen LogP contribution in [0.1, 0.15) is 39.5 Å². The zero-order valence-corrected chi connectivity index (χ0v) is 12.3. The van der Waals surface area contributed by atoms with Crippen LogP contribution < -0.4 is 5.32 Å². The summed E-state index contributed by atoms with van der Waals surface area (Å²) in [4.78, 5) is 14.0. The number of nitrogens with zero attached hydrogens (tertiary/aromatic N) is 1. The molecular formula is C14H28N2O2. The largest absolute Gasteiger partial charge is 0.468 e. The second-order valence-electron chi connectivity index (χ2n) is 5.39. The molecule has 1 saturated heterocycles. The number of hydrogen-bond acceptors (Lipinski definition) is 4. The summed E-state index contributed by atoms with van der Waals surface area (Å²) >= 11 is 0. The first-order valence-corrected chi connectivity index (χ1v) is 7.08. The molecule has 1 aliphatic rings. The highest BCUT2D eigenvalue weighted by Crippen LogP contribution is 2.36. The number of methoxy groups -OCH3 is 1. The number of nitrogens with one attached hydrogen (secondary N) is 1. The minimum Gasteiger partial charge on any atom is -0.468 e. The van der Waals surface area contributed by atoms with Crippen molar-refractivity contribution in [1.82, 2.24) is 10.2 Å². The summed E-state index contributed by atoms with van der Waals surface area (Å²) in [6.07, 6.45) is 4.63. The van der Waals surface area contributed by atoms with Crippen LogP contribution in [0.2, 0.25) is 0 Å². The lowest BCUT2D eigenvalue weighted by molar-refractivity contribution is -0.143. The first-order valence-electron chi connectivity index (χ1n) is 7.08. The molecule has 4 heteroatoms. The summed E-state index contributed by atoms with van der Waals surface area (Å²) in [6, 6.07) is -0.173. The lowest BCUT2D eigenvalue weighted by Gasteiger charge is -2.27. The van der Waals surface area contributed by atoms with Crippen LogP contribution in [0, 0.1) is 5.41 Å². The van der Waals surface area contributed by atoms with Crippen LogP contribution >= 0.6 is 0 Å². The monoisotopic (exact) mass is 256 g/mol. The van der Waals surface area contributed by atoms with Gasteiger partial charge in [0.15, 0.2) is 0 Å². The van der Waals surface area contributed by atoms with E-state index >= 15 is 0 Å². The van der Waals surface area contributed by atoms with E-state index in [1.54, 1.807) is 0 Å². The van der Waals surface area contributed by atoms with Gasteiger partial charge in [-0.1, -0.05) is 13.8 Å². The number of ether oxygens (including phenoxy) is 1. The Hall–Kier alpha value is -0.610. The molecule has 0 aromatic heterocycles. The van der Waals surface area contributed by atoms with Crippen LogP contribution in [0.25, 0.3) is 0 Å². The molecule has 1 rings (SSSR count). The molecule has 1 heterocycles. The fourth-order valence-electron chi connectivity index (χ4n) is 2.88. The molecule has 1 unspecified atom stereocenters. The molecule has 0 amide bonds. The SMILES string of the molecule is CCC1(CC)CCN(CCC(NC)C(=O)OC)C1. The minimum atomic E-state index is -0.173. The minimum absolute atomic E-state index is 0.158. The zero-order chi connectivity index (χ0) is 13.6. The molecule has 1 N–H and O–H groups in total. The molecule has 0 aromatic carbocycles. The van der Waals surface area contributed by atoms with Gasteiger partial charge in [0.2, 0.25) is 0 Å². The summed E-state index contributed by atoms with van der Waals surface area (Å²) in [5, 5.41) is 3.02. The Morgan fingerprint density at radius 2 is 2.11 bits per heavy atom. The number of esters is 1. The number of hydrogen-bond donors (Lipinski definition) is 1. The molecule has 1 fully saturated rings. The third-order valence-corrected chi connectivity index (χ3v) is 4.59. The van der Waals surface area contributed by atoms with Crippen molar-refractivity contribution in [1.29, 1.82) is 0 Å². The van der Waals surface area contributed by atoms with Crippen molar-refractivity contribution in [2.75, 3.05) is 33.8 Å². The lowest BCUT2D eigenvalue weighted by Crippen LogP contribution is -2.38. The van der Waals surface area contributed by atoms with Crippen LogP contribution in [0.3, 0.4) is 0 Å². The molecular weight excluding hydrogens is 228 g/mol. The third kappa shape index (κ3) is 3.69. The Kier molecular flexibility index (Phi) is 6.09. The van der Waals surface area contributed by atoms with E-state index in [0.717, 1.165) is 13.0 Å². The quantitative estimate of drug-likeness (QED) is 0.703. The topological polar surface area (TPSA) is 41.6 Å². The maximum absolute atomic E-state index is 11.5. The second kappa shape index (κ2) is 7.10. The summed E-state index contributed by atoms with van der Waals surface area (Å²) in [7, 11) is 3.26. The summed E-state index contributed by atoms with van der Waals surface area (Å²) in [5.74, 6) is -0.158. The van der Waals surface area contributed by atoms with Gasteiger partial charge in [0.1, 0.15) is 6.04 Å². The number of likely N-dealkylation sites (N-methyl/N-ethyl adjacent to an activating group) is 1. The standard InChI is InChI=1S/C14H28N2O2/c1-5-14(6-2)8-10-16(11-14)9-7-12(15-3)13(17)18-4/h12,15H,5-11H2,1-4H3. The molecule has 1 atom stereocenters. The van der Waals surface area contributed by atoms with Gasteiger partial charge in [-0.25, -0.2) is 0 Å². The van der Waals surface area contributed by atoms with Gasteiger partial charge in [-0.2, -0.15) is 0 Å². The van der Waals surface area contributed by atoms with Gasteiger partial charge >= 0.3 is 5.97 Å². The summed E-state index contributed by atoms with van der Waals surface area (Å²) in [6.45, 7) is 7.90. The Balaban J connectivity index is 2.39. The van der Waals surface area contributed by atoms with E-state index in [2.05, 4.69) is 24.1 Å². The molecule has 0 aliphatic carbocycles. The van der Waals surface area contributed by atoms with Crippen LogP contribution in [-0.4, -0.2) is 50.7 Å². The maximum atomic E-state index is 11.5. The fraction of sp³-hybridized carbons (Fsp3) is 0.929. The molecule has 0 aromatic rings. The van der Waals surface area contributed by atoms with Crippen molar-refractivity contribution in [2.24, 2.45) is 5.41 Å². The van der Waals surface area contributed by atoms with E-state index in [-0.39, 0.29) is 12.0 Å². The van der Waals surface area contributed by atoms with Gasteiger partial charge < -0.3 is 15.0 Å². The van der Waals surface area contributed by atoms with Crippen molar-refractivity contribution in [3.8, 4) is 0 Å². The van der Waals surface area contributed by atoms with E-state index < -0.39 is 0 Å². The van der Waals surface area contributed by atoms with E-state index in [1.165, 1.54) is 39.5 Å². The molecule has 18 heavy (non-hydrogen) atoms. The summed E-state index contributed by atoms with van der Waals surface area (Å²) < 4.78 is 4.78. The molecule has 4 nitrogen and oxygen atoms in total. The van der Waals surface area contributed by atoms with E-state index in [0.29, 0.717) is 5.41 Å². The number of rotatable bonds is 7. The molecule has 0 bridgehead atoms.